The smallest absolute Gasteiger partial charge is 0.128 e. The van der Waals surface area contributed by atoms with Crippen molar-refractivity contribution in [2.24, 2.45) is 5.73 Å². The van der Waals surface area contributed by atoms with Gasteiger partial charge in [-0.15, -0.1) is 0 Å². The molecule has 0 spiro atoms. The molecule has 2 nitrogen and oxygen atoms in total. The van der Waals surface area contributed by atoms with E-state index < -0.39 is 6.04 Å². The Kier molecular flexibility index (Phi) is 3.25. The maximum atomic E-state index is 13.7. The lowest BCUT2D eigenvalue weighted by molar-refractivity contribution is 0.175. The maximum absolute atomic E-state index is 13.7. The zero-order chi connectivity index (χ0) is 11.5. The molecule has 1 unspecified atom stereocenters. The van der Waals surface area contributed by atoms with Crippen LogP contribution in [0.4, 0.5) is 4.39 Å². The molecular weight excluding hydrogens is 205 g/mol. The minimum Gasteiger partial charge on any atom is -0.496 e. The minimum absolute atomic E-state index is 0.262. The highest BCUT2D eigenvalue weighted by Crippen LogP contribution is 2.26. The van der Waals surface area contributed by atoms with Gasteiger partial charge >= 0.3 is 0 Å². The molecule has 0 aliphatic carbocycles. The first-order valence-corrected chi connectivity index (χ1v) is 5.53. The van der Waals surface area contributed by atoms with Gasteiger partial charge in [0.1, 0.15) is 11.6 Å². The van der Waals surface area contributed by atoms with Crippen LogP contribution in [0.5, 0.6) is 0 Å². The van der Waals surface area contributed by atoms with Gasteiger partial charge < -0.3 is 10.5 Å². The summed E-state index contributed by atoms with van der Waals surface area (Å²) < 4.78 is 19.1. The molecule has 0 aromatic heterocycles. The number of benzene rings is 1. The lowest BCUT2D eigenvalue weighted by atomic mass is 10.0. The van der Waals surface area contributed by atoms with Gasteiger partial charge in [-0.05, 0) is 37.5 Å². The zero-order valence-corrected chi connectivity index (χ0v) is 9.37. The molecule has 0 saturated carbocycles. The predicted octanol–water partition coefficient (Wildman–Crippen LogP) is 2.83. The van der Waals surface area contributed by atoms with E-state index in [4.69, 9.17) is 10.5 Å². The van der Waals surface area contributed by atoms with E-state index in [0.29, 0.717) is 17.9 Å². The lowest BCUT2D eigenvalue weighted by Gasteiger charge is -2.21. The van der Waals surface area contributed by atoms with Crippen molar-refractivity contribution < 1.29 is 9.13 Å². The fraction of sp³-hybridized carbons (Fsp3) is 0.385. The Morgan fingerprint density at radius 1 is 1.44 bits per heavy atom. The van der Waals surface area contributed by atoms with Crippen LogP contribution in [0, 0.1) is 12.7 Å². The van der Waals surface area contributed by atoms with E-state index >= 15 is 0 Å². The van der Waals surface area contributed by atoms with Gasteiger partial charge in [-0.3, -0.25) is 0 Å². The summed E-state index contributed by atoms with van der Waals surface area (Å²) in [4.78, 5) is 0. The lowest BCUT2D eigenvalue weighted by Crippen LogP contribution is -2.19. The zero-order valence-electron chi connectivity index (χ0n) is 9.37. The Morgan fingerprint density at radius 2 is 2.25 bits per heavy atom. The fourth-order valence-corrected chi connectivity index (χ4v) is 1.83. The molecule has 1 aromatic carbocycles. The van der Waals surface area contributed by atoms with Crippen LogP contribution in [-0.2, 0) is 4.74 Å². The molecule has 0 saturated heterocycles. The van der Waals surface area contributed by atoms with Crippen LogP contribution in [0.25, 0.3) is 0 Å². The average Bonchev–Trinajstić information content (AvgIpc) is 2.29. The van der Waals surface area contributed by atoms with E-state index in [-0.39, 0.29) is 5.82 Å². The molecule has 1 aliphatic heterocycles. The molecule has 0 fully saturated rings. The van der Waals surface area contributed by atoms with Crippen molar-refractivity contribution in [1.82, 2.24) is 0 Å². The number of hydrogen-bond acceptors (Lipinski definition) is 2. The summed E-state index contributed by atoms with van der Waals surface area (Å²) in [6.07, 6.45) is 3.91. The first kappa shape index (κ1) is 11.1. The van der Waals surface area contributed by atoms with Crippen molar-refractivity contribution >= 4 is 0 Å². The highest BCUT2D eigenvalue weighted by atomic mass is 19.1. The van der Waals surface area contributed by atoms with E-state index in [2.05, 4.69) is 0 Å². The molecule has 16 heavy (non-hydrogen) atoms. The fourth-order valence-electron chi connectivity index (χ4n) is 1.83. The van der Waals surface area contributed by atoms with Crippen molar-refractivity contribution in [3.63, 3.8) is 0 Å². The first-order chi connectivity index (χ1) is 7.68. The van der Waals surface area contributed by atoms with Gasteiger partial charge in [0.05, 0.1) is 12.6 Å². The monoisotopic (exact) mass is 221 g/mol. The standard InChI is InChI=1S/C13H16FNO/c1-9-5-6-10(11(14)8-9)13(15)12-4-2-3-7-16-12/h4-6,8,13H,2-3,7,15H2,1H3. The number of ether oxygens (including phenoxy) is 1. The average molecular weight is 221 g/mol. The van der Waals surface area contributed by atoms with Gasteiger partial charge in [0.15, 0.2) is 0 Å². The Balaban J connectivity index is 2.26. The maximum Gasteiger partial charge on any atom is 0.128 e. The normalized spacial score (nSPS) is 17.6. The summed E-state index contributed by atoms with van der Waals surface area (Å²) in [6.45, 7) is 2.53. The van der Waals surface area contributed by atoms with Crippen LogP contribution in [0.2, 0.25) is 0 Å². The third-order valence-corrected chi connectivity index (χ3v) is 2.76. The molecule has 3 heteroatoms. The first-order valence-electron chi connectivity index (χ1n) is 5.53. The quantitative estimate of drug-likeness (QED) is 0.833. The van der Waals surface area contributed by atoms with E-state index in [1.54, 1.807) is 6.07 Å². The molecule has 2 N–H and O–H groups in total. The molecule has 86 valence electrons. The summed E-state index contributed by atoms with van der Waals surface area (Å²) in [6, 6.07) is 4.61. The van der Waals surface area contributed by atoms with Crippen LogP contribution in [0.1, 0.15) is 30.0 Å². The highest BCUT2D eigenvalue weighted by molar-refractivity contribution is 5.30. The summed E-state index contributed by atoms with van der Waals surface area (Å²) in [5, 5.41) is 0. The second kappa shape index (κ2) is 4.66. The van der Waals surface area contributed by atoms with Gasteiger partial charge in [-0.25, -0.2) is 4.39 Å². The van der Waals surface area contributed by atoms with Crippen molar-refractivity contribution in [2.45, 2.75) is 25.8 Å². The number of rotatable bonds is 2. The second-order valence-electron chi connectivity index (χ2n) is 4.10. The number of hydrogen-bond donors (Lipinski definition) is 1. The van der Waals surface area contributed by atoms with Gasteiger partial charge in [0.25, 0.3) is 0 Å². The topological polar surface area (TPSA) is 35.2 Å². The van der Waals surface area contributed by atoms with Crippen LogP contribution >= 0.6 is 0 Å². The van der Waals surface area contributed by atoms with Crippen molar-refractivity contribution in [1.29, 1.82) is 0 Å². The summed E-state index contributed by atoms with van der Waals surface area (Å²) >= 11 is 0. The minimum atomic E-state index is -0.485. The summed E-state index contributed by atoms with van der Waals surface area (Å²) in [5.74, 6) is 0.427. The molecular formula is C13H16FNO. The molecule has 0 radical (unpaired) electrons. The van der Waals surface area contributed by atoms with Crippen molar-refractivity contribution in [3.05, 3.63) is 47.0 Å². The third-order valence-electron chi connectivity index (χ3n) is 2.76. The molecule has 1 aliphatic rings. The molecule has 1 aromatic rings. The number of aryl methyl sites for hydroxylation is 1. The Labute approximate surface area is 94.9 Å². The molecule has 1 heterocycles. The predicted molar refractivity (Wildman–Crippen MR) is 61.3 cm³/mol. The second-order valence-corrected chi connectivity index (χ2v) is 4.10. The van der Waals surface area contributed by atoms with E-state index in [1.807, 2.05) is 19.1 Å². The van der Waals surface area contributed by atoms with Crippen LogP contribution in [0.15, 0.2) is 30.0 Å². The number of halogens is 1. The van der Waals surface area contributed by atoms with E-state index in [9.17, 15) is 4.39 Å². The number of allylic oxidation sites excluding steroid dienone is 1. The van der Waals surface area contributed by atoms with Gasteiger partial charge in [-0.1, -0.05) is 12.1 Å². The van der Waals surface area contributed by atoms with Crippen LogP contribution < -0.4 is 5.73 Å². The van der Waals surface area contributed by atoms with Crippen molar-refractivity contribution in [2.75, 3.05) is 6.61 Å². The van der Waals surface area contributed by atoms with Gasteiger partial charge in [-0.2, -0.15) is 0 Å². The Bertz CT molecular complexity index is 414. The SMILES string of the molecule is Cc1ccc(C(N)C2=CCCCO2)c(F)c1. The van der Waals surface area contributed by atoms with Crippen LogP contribution in [0.3, 0.4) is 0 Å². The van der Waals surface area contributed by atoms with E-state index in [0.717, 1.165) is 18.4 Å². The van der Waals surface area contributed by atoms with E-state index in [1.165, 1.54) is 6.07 Å². The summed E-state index contributed by atoms with van der Waals surface area (Å²) in [7, 11) is 0. The third kappa shape index (κ3) is 2.25. The largest absolute Gasteiger partial charge is 0.496 e. The molecule has 0 bridgehead atoms. The van der Waals surface area contributed by atoms with Crippen LogP contribution in [-0.4, -0.2) is 6.61 Å². The Hall–Kier alpha value is -1.35. The van der Waals surface area contributed by atoms with Crippen molar-refractivity contribution in [3.8, 4) is 0 Å². The molecule has 2 rings (SSSR count). The molecule has 1 atom stereocenters. The molecule has 0 amide bonds. The Morgan fingerprint density at radius 3 is 2.88 bits per heavy atom. The van der Waals surface area contributed by atoms with Gasteiger partial charge in [0, 0.05) is 5.56 Å². The highest BCUT2D eigenvalue weighted by Gasteiger charge is 2.18. The van der Waals surface area contributed by atoms with Gasteiger partial charge in [0.2, 0.25) is 0 Å². The number of nitrogens with two attached hydrogens (primary N) is 1. The summed E-state index contributed by atoms with van der Waals surface area (Å²) in [5.41, 5.74) is 7.38.